The summed E-state index contributed by atoms with van der Waals surface area (Å²) in [5, 5.41) is 9.12. The normalized spacial score (nSPS) is 9.11. The Hall–Kier alpha value is -0.535. The van der Waals surface area contributed by atoms with Crippen LogP contribution < -0.4 is 5.46 Å². The number of nitrogens with zero attached hydrogens (tertiary/aromatic N) is 1. The molecule has 1 aromatic heterocycles. The third kappa shape index (κ3) is 1.70. The van der Waals surface area contributed by atoms with Crippen molar-refractivity contribution < 1.29 is 5.02 Å². The molecule has 9 heavy (non-hydrogen) atoms. The van der Waals surface area contributed by atoms with Gasteiger partial charge in [0.05, 0.1) is 5.02 Å². The summed E-state index contributed by atoms with van der Waals surface area (Å²) in [6.45, 7) is 0. The number of hydrogen-bond donors (Lipinski definition) is 1. The summed E-state index contributed by atoms with van der Waals surface area (Å²) in [5.74, 6) is 0. The monoisotopic (exact) mass is 141 g/mol. The fourth-order valence-electron chi connectivity index (χ4n) is 0.542. The van der Waals surface area contributed by atoms with E-state index in [1.807, 2.05) is 0 Å². The maximum atomic E-state index is 8.56. The Morgan fingerprint density at radius 1 is 1.56 bits per heavy atom. The first-order chi connectivity index (χ1) is 4.33. The zero-order valence-corrected chi connectivity index (χ0v) is 5.47. The molecule has 0 aliphatic rings. The van der Waals surface area contributed by atoms with Gasteiger partial charge in [0.25, 0.3) is 0 Å². The molecule has 2 nitrogen and oxygen atoms in total. The van der Waals surface area contributed by atoms with Gasteiger partial charge >= 0.3 is 7.48 Å². The Morgan fingerprint density at radius 3 is 2.78 bits per heavy atom. The molecule has 0 spiro atoms. The highest BCUT2D eigenvalue weighted by molar-refractivity contribution is 6.46. The molecule has 0 saturated heterocycles. The van der Waals surface area contributed by atoms with E-state index in [2.05, 4.69) is 4.98 Å². The zero-order chi connectivity index (χ0) is 6.69. The first-order valence-corrected chi connectivity index (χ1v) is 2.91. The molecule has 0 bridgehead atoms. The second-order valence-electron chi connectivity index (χ2n) is 1.67. The predicted octanol–water partition coefficient (Wildman–Crippen LogP) is -0.296. The van der Waals surface area contributed by atoms with Crippen LogP contribution in [0.2, 0.25) is 5.02 Å². The third-order valence-corrected chi connectivity index (χ3v) is 1.15. The maximum absolute atomic E-state index is 8.56. The van der Waals surface area contributed by atoms with Crippen LogP contribution >= 0.6 is 11.6 Å². The molecule has 0 amide bonds. The molecule has 0 atom stereocenters. The summed E-state index contributed by atoms with van der Waals surface area (Å²) < 4.78 is 0. The van der Waals surface area contributed by atoms with Crippen LogP contribution in [-0.2, 0) is 0 Å². The summed E-state index contributed by atoms with van der Waals surface area (Å²) in [6, 6.07) is 1.68. The minimum atomic E-state index is -0.00639. The van der Waals surface area contributed by atoms with Crippen LogP contribution in [0.1, 0.15) is 0 Å². The van der Waals surface area contributed by atoms with Crippen LogP contribution in [0.3, 0.4) is 0 Å². The molecular formula is C5H5BClNO. The van der Waals surface area contributed by atoms with Gasteiger partial charge in [0, 0.05) is 12.4 Å². The maximum Gasteiger partial charge on any atom is 0.306 e. The van der Waals surface area contributed by atoms with Gasteiger partial charge in [0.1, 0.15) is 0 Å². The van der Waals surface area contributed by atoms with Crippen molar-refractivity contribution in [3.63, 3.8) is 0 Å². The zero-order valence-electron chi connectivity index (χ0n) is 4.71. The van der Waals surface area contributed by atoms with Crippen molar-refractivity contribution >= 4 is 24.5 Å². The fourth-order valence-corrected chi connectivity index (χ4v) is 0.739. The first kappa shape index (κ1) is 6.58. The van der Waals surface area contributed by atoms with Crippen molar-refractivity contribution in [3.8, 4) is 0 Å². The summed E-state index contributed by atoms with van der Waals surface area (Å²) >= 11 is 5.55. The van der Waals surface area contributed by atoms with Crippen LogP contribution in [0.15, 0.2) is 18.5 Å². The van der Waals surface area contributed by atoms with Crippen LogP contribution in [0.4, 0.5) is 0 Å². The SMILES string of the molecule is OBc1cncc(Cl)c1. The van der Waals surface area contributed by atoms with E-state index < -0.39 is 0 Å². The molecule has 0 aliphatic heterocycles. The summed E-state index contributed by atoms with van der Waals surface area (Å²) in [7, 11) is -0.00639. The van der Waals surface area contributed by atoms with Gasteiger partial charge in [-0.25, -0.2) is 0 Å². The fraction of sp³-hybridized carbons (Fsp3) is 0. The lowest BCUT2D eigenvalue weighted by atomic mass is 9.91. The highest BCUT2D eigenvalue weighted by Gasteiger charge is 1.92. The average Bonchev–Trinajstić information content (AvgIpc) is 1.88. The summed E-state index contributed by atoms with van der Waals surface area (Å²) in [6.07, 6.45) is 3.10. The summed E-state index contributed by atoms with van der Waals surface area (Å²) in [5.41, 5.74) is 0.738. The molecule has 0 unspecified atom stereocenters. The molecular weight excluding hydrogens is 136 g/mol. The molecule has 46 valence electrons. The van der Waals surface area contributed by atoms with Crippen molar-refractivity contribution in [2.45, 2.75) is 0 Å². The highest BCUT2D eigenvalue weighted by atomic mass is 35.5. The third-order valence-electron chi connectivity index (χ3n) is 0.944. The number of halogens is 1. The van der Waals surface area contributed by atoms with E-state index in [1.165, 1.54) is 6.20 Å². The average molecular weight is 141 g/mol. The van der Waals surface area contributed by atoms with Crippen LogP contribution in [-0.4, -0.2) is 17.5 Å². The standard InChI is InChI=1S/C5H5BClNO/c7-5-1-4(6-9)2-8-3-5/h1-3,6,9H. The molecule has 4 heteroatoms. The molecule has 1 N–H and O–H groups in total. The van der Waals surface area contributed by atoms with Crippen molar-refractivity contribution in [3.05, 3.63) is 23.5 Å². The van der Waals surface area contributed by atoms with Gasteiger partial charge in [0.2, 0.25) is 0 Å². The number of aromatic nitrogens is 1. The highest BCUT2D eigenvalue weighted by Crippen LogP contribution is 1.99. The van der Waals surface area contributed by atoms with Gasteiger partial charge < -0.3 is 5.02 Å². The topological polar surface area (TPSA) is 33.1 Å². The summed E-state index contributed by atoms with van der Waals surface area (Å²) in [4.78, 5) is 3.76. The molecule has 1 heterocycles. The Balaban J connectivity index is 2.94. The van der Waals surface area contributed by atoms with E-state index in [4.69, 9.17) is 16.6 Å². The van der Waals surface area contributed by atoms with Crippen molar-refractivity contribution in [2.75, 3.05) is 0 Å². The molecule has 0 aromatic carbocycles. The van der Waals surface area contributed by atoms with Crippen molar-refractivity contribution in [2.24, 2.45) is 0 Å². The number of rotatable bonds is 1. The minimum Gasteiger partial charge on any atom is -0.449 e. The van der Waals surface area contributed by atoms with Gasteiger partial charge in [-0.2, -0.15) is 0 Å². The molecule has 1 aromatic rings. The minimum absolute atomic E-state index is 0.00639. The first-order valence-electron chi connectivity index (χ1n) is 2.53. The second-order valence-corrected chi connectivity index (χ2v) is 2.11. The lowest BCUT2D eigenvalue weighted by Crippen LogP contribution is -2.13. The van der Waals surface area contributed by atoms with Gasteiger partial charge in [-0.15, -0.1) is 0 Å². The Morgan fingerprint density at radius 2 is 2.33 bits per heavy atom. The number of hydrogen-bond acceptors (Lipinski definition) is 2. The Kier molecular flexibility index (Phi) is 2.08. The molecule has 0 fully saturated rings. The predicted molar refractivity (Wildman–Crippen MR) is 38.2 cm³/mol. The van der Waals surface area contributed by atoms with Crippen molar-refractivity contribution in [1.82, 2.24) is 4.98 Å². The van der Waals surface area contributed by atoms with E-state index in [1.54, 1.807) is 12.3 Å². The van der Waals surface area contributed by atoms with E-state index in [9.17, 15) is 0 Å². The molecule has 0 saturated carbocycles. The van der Waals surface area contributed by atoms with Gasteiger partial charge in [-0.1, -0.05) is 11.6 Å². The lowest BCUT2D eigenvalue weighted by molar-refractivity contribution is 0.615. The largest absolute Gasteiger partial charge is 0.449 e. The van der Waals surface area contributed by atoms with E-state index in [-0.39, 0.29) is 7.48 Å². The van der Waals surface area contributed by atoms with Gasteiger partial charge in [-0.3, -0.25) is 4.98 Å². The molecule has 0 radical (unpaired) electrons. The van der Waals surface area contributed by atoms with Crippen LogP contribution in [0.5, 0.6) is 0 Å². The Labute approximate surface area is 58.8 Å². The number of pyridine rings is 1. The lowest BCUT2D eigenvalue weighted by Gasteiger charge is -1.91. The smallest absolute Gasteiger partial charge is 0.306 e. The molecule has 1 rings (SSSR count). The van der Waals surface area contributed by atoms with E-state index in [0.717, 1.165) is 5.46 Å². The van der Waals surface area contributed by atoms with Crippen molar-refractivity contribution in [1.29, 1.82) is 0 Å². The second kappa shape index (κ2) is 2.85. The van der Waals surface area contributed by atoms with Crippen LogP contribution in [0, 0.1) is 0 Å². The van der Waals surface area contributed by atoms with E-state index in [0.29, 0.717) is 5.02 Å². The van der Waals surface area contributed by atoms with E-state index >= 15 is 0 Å². The Bertz CT molecular complexity index is 206. The van der Waals surface area contributed by atoms with Crippen LogP contribution in [0.25, 0.3) is 0 Å². The quantitative estimate of drug-likeness (QED) is 0.545. The van der Waals surface area contributed by atoms with Gasteiger partial charge in [-0.05, 0) is 11.5 Å². The van der Waals surface area contributed by atoms with Gasteiger partial charge in [0.15, 0.2) is 0 Å². The molecule has 0 aliphatic carbocycles.